The van der Waals surface area contributed by atoms with Crippen LogP contribution in [0.5, 0.6) is 5.75 Å². The van der Waals surface area contributed by atoms with Crippen molar-refractivity contribution >= 4 is 0 Å². The topological polar surface area (TPSA) is 45.0 Å². The van der Waals surface area contributed by atoms with Crippen molar-refractivity contribution in [1.82, 2.24) is 5.32 Å². The summed E-state index contributed by atoms with van der Waals surface area (Å²) in [6, 6.07) is 16.2. The Morgan fingerprint density at radius 1 is 1.24 bits per heavy atom. The van der Waals surface area contributed by atoms with E-state index in [0.717, 1.165) is 16.9 Å². The number of hydrogen-bond acceptors (Lipinski definition) is 3. The molecule has 1 unspecified atom stereocenters. The van der Waals surface area contributed by atoms with Crippen molar-refractivity contribution in [3.05, 3.63) is 64.7 Å². The predicted octanol–water partition coefficient (Wildman–Crippen LogP) is 3.73. The molecule has 0 aromatic heterocycles. The average molecular weight is 280 g/mol. The molecule has 0 radical (unpaired) electrons. The molecule has 0 aliphatic carbocycles. The second-order valence-electron chi connectivity index (χ2n) is 5.16. The van der Waals surface area contributed by atoms with E-state index in [0.29, 0.717) is 12.1 Å². The van der Waals surface area contributed by atoms with E-state index >= 15 is 0 Å². The van der Waals surface area contributed by atoms with E-state index in [2.05, 4.69) is 37.4 Å². The van der Waals surface area contributed by atoms with Crippen LogP contribution in [-0.2, 0) is 6.54 Å². The minimum absolute atomic E-state index is 0.172. The molecule has 0 saturated carbocycles. The van der Waals surface area contributed by atoms with E-state index in [1.165, 1.54) is 5.56 Å². The molecular formula is C18H20N2O. The van der Waals surface area contributed by atoms with Crippen LogP contribution in [-0.4, -0.2) is 7.11 Å². The van der Waals surface area contributed by atoms with E-state index in [1.807, 2.05) is 30.3 Å². The fourth-order valence-electron chi connectivity index (χ4n) is 2.31. The van der Waals surface area contributed by atoms with Crippen molar-refractivity contribution in [1.29, 1.82) is 5.26 Å². The Morgan fingerprint density at radius 2 is 2.05 bits per heavy atom. The van der Waals surface area contributed by atoms with Crippen molar-refractivity contribution in [3.63, 3.8) is 0 Å². The van der Waals surface area contributed by atoms with Crippen LogP contribution in [0.1, 0.15) is 35.2 Å². The Bertz CT molecular complexity index is 659. The number of nitrogens with zero attached hydrogens (tertiary/aromatic N) is 1. The summed E-state index contributed by atoms with van der Waals surface area (Å²) in [6.07, 6.45) is 0. The van der Waals surface area contributed by atoms with E-state index in [1.54, 1.807) is 7.11 Å². The SMILES string of the molecule is COc1cc(C)ccc1C(C)NCc1cccc(C#N)c1. The molecule has 3 heteroatoms. The minimum Gasteiger partial charge on any atom is -0.496 e. The third-order valence-corrected chi connectivity index (χ3v) is 3.52. The summed E-state index contributed by atoms with van der Waals surface area (Å²) in [6.45, 7) is 4.88. The van der Waals surface area contributed by atoms with Gasteiger partial charge in [-0.15, -0.1) is 0 Å². The average Bonchev–Trinajstić information content (AvgIpc) is 2.52. The van der Waals surface area contributed by atoms with Gasteiger partial charge in [0.25, 0.3) is 0 Å². The highest BCUT2D eigenvalue weighted by Crippen LogP contribution is 2.26. The fourth-order valence-corrected chi connectivity index (χ4v) is 2.31. The highest BCUT2D eigenvalue weighted by atomic mass is 16.5. The lowest BCUT2D eigenvalue weighted by Crippen LogP contribution is -2.18. The van der Waals surface area contributed by atoms with Gasteiger partial charge in [-0.25, -0.2) is 0 Å². The minimum atomic E-state index is 0.172. The van der Waals surface area contributed by atoms with Crippen LogP contribution >= 0.6 is 0 Å². The normalized spacial score (nSPS) is 11.7. The molecule has 0 bridgehead atoms. The molecule has 21 heavy (non-hydrogen) atoms. The van der Waals surface area contributed by atoms with E-state index < -0.39 is 0 Å². The molecule has 2 aromatic rings. The molecule has 0 spiro atoms. The molecule has 0 aliphatic rings. The smallest absolute Gasteiger partial charge is 0.123 e. The summed E-state index contributed by atoms with van der Waals surface area (Å²) in [5.41, 5.74) is 4.12. The molecule has 0 heterocycles. The molecule has 1 N–H and O–H groups in total. The molecule has 0 aliphatic heterocycles. The van der Waals surface area contributed by atoms with E-state index in [-0.39, 0.29) is 6.04 Å². The molecule has 0 fully saturated rings. The monoisotopic (exact) mass is 280 g/mol. The summed E-state index contributed by atoms with van der Waals surface area (Å²) >= 11 is 0. The summed E-state index contributed by atoms with van der Waals surface area (Å²) in [5, 5.41) is 12.4. The number of ether oxygens (including phenoxy) is 1. The van der Waals surface area contributed by atoms with Gasteiger partial charge in [-0.2, -0.15) is 5.26 Å². The number of nitriles is 1. The second kappa shape index (κ2) is 6.92. The molecule has 2 aromatic carbocycles. The zero-order chi connectivity index (χ0) is 15.2. The Morgan fingerprint density at radius 3 is 2.76 bits per heavy atom. The van der Waals surface area contributed by atoms with Crippen LogP contribution in [0.3, 0.4) is 0 Å². The van der Waals surface area contributed by atoms with Gasteiger partial charge in [0.15, 0.2) is 0 Å². The van der Waals surface area contributed by atoms with E-state index in [4.69, 9.17) is 10.00 Å². The van der Waals surface area contributed by atoms with Crippen molar-refractivity contribution in [2.75, 3.05) is 7.11 Å². The van der Waals surface area contributed by atoms with Gasteiger partial charge in [-0.3, -0.25) is 0 Å². The lowest BCUT2D eigenvalue weighted by Gasteiger charge is -2.18. The first kappa shape index (κ1) is 15.1. The van der Waals surface area contributed by atoms with Gasteiger partial charge in [0.2, 0.25) is 0 Å². The molecule has 108 valence electrons. The zero-order valence-corrected chi connectivity index (χ0v) is 12.7. The van der Waals surface area contributed by atoms with Crippen LogP contribution in [0.2, 0.25) is 0 Å². The second-order valence-corrected chi connectivity index (χ2v) is 5.16. The Labute approximate surface area is 126 Å². The predicted molar refractivity (Wildman–Crippen MR) is 84.1 cm³/mol. The highest BCUT2D eigenvalue weighted by molar-refractivity contribution is 5.39. The maximum atomic E-state index is 8.92. The molecule has 0 amide bonds. The Balaban J connectivity index is 2.08. The summed E-state index contributed by atoms with van der Waals surface area (Å²) in [7, 11) is 1.70. The van der Waals surface area contributed by atoms with Crippen LogP contribution in [0.25, 0.3) is 0 Å². The number of aryl methyl sites for hydroxylation is 1. The first-order valence-electron chi connectivity index (χ1n) is 7.01. The number of hydrogen-bond donors (Lipinski definition) is 1. The number of rotatable bonds is 5. The molecule has 3 nitrogen and oxygen atoms in total. The summed E-state index contributed by atoms with van der Waals surface area (Å²) in [4.78, 5) is 0. The van der Waals surface area contributed by atoms with Gasteiger partial charge in [0.1, 0.15) is 5.75 Å². The highest BCUT2D eigenvalue weighted by Gasteiger charge is 2.11. The van der Waals surface area contributed by atoms with Gasteiger partial charge in [-0.05, 0) is 43.2 Å². The number of benzene rings is 2. The number of methoxy groups -OCH3 is 1. The van der Waals surface area contributed by atoms with Crippen LogP contribution in [0.4, 0.5) is 0 Å². The van der Waals surface area contributed by atoms with Crippen molar-refractivity contribution < 1.29 is 4.74 Å². The summed E-state index contributed by atoms with van der Waals surface area (Å²) < 4.78 is 5.45. The van der Waals surface area contributed by atoms with Crippen LogP contribution < -0.4 is 10.1 Å². The lowest BCUT2D eigenvalue weighted by atomic mass is 10.0. The van der Waals surface area contributed by atoms with Crippen LogP contribution in [0.15, 0.2) is 42.5 Å². The quantitative estimate of drug-likeness (QED) is 0.907. The lowest BCUT2D eigenvalue weighted by molar-refractivity contribution is 0.401. The van der Waals surface area contributed by atoms with Crippen molar-refractivity contribution in [2.24, 2.45) is 0 Å². The Hall–Kier alpha value is -2.31. The van der Waals surface area contributed by atoms with Gasteiger partial charge in [0, 0.05) is 18.2 Å². The van der Waals surface area contributed by atoms with E-state index in [9.17, 15) is 0 Å². The Kier molecular flexibility index (Phi) is 4.97. The summed E-state index contributed by atoms with van der Waals surface area (Å²) in [5.74, 6) is 0.903. The maximum absolute atomic E-state index is 8.92. The van der Waals surface area contributed by atoms with Gasteiger partial charge >= 0.3 is 0 Å². The largest absolute Gasteiger partial charge is 0.496 e. The van der Waals surface area contributed by atoms with Gasteiger partial charge < -0.3 is 10.1 Å². The third kappa shape index (κ3) is 3.84. The fraction of sp³-hybridized carbons (Fsp3) is 0.278. The van der Waals surface area contributed by atoms with Crippen molar-refractivity contribution in [3.8, 4) is 11.8 Å². The van der Waals surface area contributed by atoms with Crippen molar-refractivity contribution in [2.45, 2.75) is 26.4 Å². The van der Waals surface area contributed by atoms with Crippen LogP contribution in [0, 0.1) is 18.3 Å². The maximum Gasteiger partial charge on any atom is 0.123 e. The molecule has 1 atom stereocenters. The first-order valence-corrected chi connectivity index (χ1v) is 7.01. The molecule has 2 rings (SSSR count). The van der Waals surface area contributed by atoms with Gasteiger partial charge in [0.05, 0.1) is 18.7 Å². The number of nitrogens with one attached hydrogen (secondary N) is 1. The first-order chi connectivity index (χ1) is 10.1. The molecular weight excluding hydrogens is 260 g/mol. The standard InChI is InChI=1S/C18H20N2O/c1-13-7-8-17(18(9-13)21-3)14(2)20-12-16-6-4-5-15(10-16)11-19/h4-10,14,20H,12H2,1-3H3. The molecule has 0 saturated heterocycles. The zero-order valence-electron chi connectivity index (χ0n) is 12.7. The van der Waals surface area contributed by atoms with Gasteiger partial charge in [-0.1, -0.05) is 24.3 Å². The third-order valence-electron chi connectivity index (χ3n) is 3.52.